The molecule has 1 atom stereocenters. The number of hydrogen-bond acceptors (Lipinski definition) is 3. The van der Waals surface area contributed by atoms with Crippen molar-refractivity contribution in [2.45, 2.75) is 13.0 Å². The quantitative estimate of drug-likeness (QED) is 0.646. The Morgan fingerprint density at radius 3 is 2.75 bits per heavy atom. The van der Waals surface area contributed by atoms with Gasteiger partial charge in [0.2, 0.25) is 0 Å². The lowest BCUT2D eigenvalue weighted by molar-refractivity contribution is 0.292. The van der Waals surface area contributed by atoms with Crippen molar-refractivity contribution in [1.82, 2.24) is 5.32 Å². The third-order valence-electron chi connectivity index (χ3n) is 2.07. The highest BCUT2D eigenvalue weighted by atomic mass is 19.1. The lowest BCUT2D eigenvalue weighted by Crippen LogP contribution is -2.32. The van der Waals surface area contributed by atoms with E-state index in [1.54, 1.807) is 0 Å². The summed E-state index contributed by atoms with van der Waals surface area (Å²) in [5, 5.41) is 14.4. The van der Waals surface area contributed by atoms with Crippen LogP contribution in [0.25, 0.3) is 0 Å². The molecule has 1 rings (SSSR count). The molecule has 0 aliphatic heterocycles. The largest absolute Gasteiger partial charge is 0.395 e. The second-order valence-corrected chi connectivity index (χ2v) is 3.60. The van der Waals surface area contributed by atoms with E-state index < -0.39 is 11.6 Å². The van der Waals surface area contributed by atoms with Crippen molar-refractivity contribution in [3.8, 4) is 0 Å². The minimum Gasteiger partial charge on any atom is -0.395 e. The molecule has 3 N–H and O–H groups in total. The summed E-state index contributed by atoms with van der Waals surface area (Å²) in [7, 11) is 0. The lowest BCUT2D eigenvalue weighted by Gasteiger charge is -2.16. The lowest BCUT2D eigenvalue weighted by atomic mass is 10.2. The molecule has 0 radical (unpaired) electrons. The Morgan fingerprint density at radius 2 is 2.12 bits per heavy atom. The molecule has 0 saturated heterocycles. The monoisotopic (exact) mass is 230 g/mol. The molecule has 1 aromatic rings. The standard InChI is InChI=1S/C11H16F2N2O/c1-8(7-14-4-5-16)15-11-3-2-9(12)6-10(11)13/h2-3,6,8,14-16H,4-5,7H2,1H3. The molecule has 0 heterocycles. The van der Waals surface area contributed by atoms with Gasteiger partial charge in [-0.2, -0.15) is 0 Å². The zero-order chi connectivity index (χ0) is 12.0. The van der Waals surface area contributed by atoms with Crippen molar-refractivity contribution in [2.75, 3.05) is 25.0 Å². The molecule has 90 valence electrons. The van der Waals surface area contributed by atoms with Crippen molar-refractivity contribution < 1.29 is 13.9 Å². The van der Waals surface area contributed by atoms with E-state index in [0.717, 1.165) is 6.07 Å². The Morgan fingerprint density at radius 1 is 1.38 bits per heavy atom. The average molecular weight is 230 g/mol. The molecule has 0 fully saturated rings. The average Bonchev–Trinajstić information content (AvgIpc) is 2.23. The highest BCUT2D eigenvalue weighted by Crippen LogP contribution is 2.15. The van der Waals surface area contributed by atoms with E-state index in [2.05, 4.69) is 10.6 Å². The Kier molecular flexibility index (Phi) is 5.14. The van der Waals surface area contributed by atoms with Crippen LogP contribution in [0.3, 0.4) is 0 Å². The third-order valence-corrected chi connectivity index (χ3v) is 2.07. The fraction of sp³-hybridized carbons (Fsp3) is 0.455. The van der Waals surface area contributed by atoms with Crippen molar-refractivity contribution in [3.63, 3.8) is 0 Å². The van der Waals surface area contributed by atoms with E-state index in [0.29, 0.717) is 13.1 Å². The number of anilines is 1. The Balaban J connectivity index is 2.46. The first-order chi connectivity index (χ1) is 7.63. The summed E-state index contributed by atoms with van der Waals surface area (Å²) >= 11 is 0. The van der Waals surface area contributed by atoms with Crippen LogP contribution in [-0.2, 0) is 0 Å². The molecule has 5 heteroatoms. The number of rotatable bonds is 6. The normalized spacial score (nSPS) is 12.5. The fourth-order valence-electron chi connectivity index (χ4n) is 1.32. The molecule has 0 spiro atoms. The topological polar surface area (TPSA) is 44.3 Å². The number of aliphatic hydroxyl groups excluding tert-OH is 1. The molecule has 1 unspecified atom stereocenters. The number of nitrogens with one attached hydrogen (secondary N) is 2. The maximum absolute atomic E-state index is 13.2. The van der Waals surface area contributed by atoms with Crippen LogP contribution in [0.4, 0.5) is 14.5 Å². The van der Waals surface area contributed by atoms with Gasteiger partial charge in [0.1, 0.15) is 11.6 Å². The summed E-state index contributed by atoms with van der Waals surface area (Å²) in [4.78, 5) is 0. The van der Waals surface area contributed by atoms with Crippen LogP contribution < -0.4 is 10.6 Å². The maximum Gasteiger partial charge on any atom is 0.149 e. The highest BCUT2D eigenvalue weighted by molar-refractivity contribution is 5.45. The van der Waals surface area contributed by atoms with E-state index in [4.69, 9.17) is 5.11 Å². The Labute approximate surface area is 93.5 Å². The number of aliphatic hydroxyl groups is 1. The van der Waals surface area contributed by atoms with Crippen LogP contribution in [0.1, 0.15) is 6.92 Å². The van der Waals surface area contributed by atoms with E-state index in [1.807, 2.05) is 6.92 Å². The number of benzene rings is 1. The molecule has 16 heavy (non-hydrogen) atoms. The first kappa shape index (κ1) is 12.9. The van der Waals surface area contributed by atoms with Gasteiger partial charge in [0, 0.05) is 25.2 Å². The van der Waals surface area contributed by atoms with Crippen LogP contribution in [-0.4, -0.2) is 30.8 Å². The van der Waals surface area contributed by atoms with Crippen molar-refractivity contribution in [3.05, 3.63) is 29.8 Å². The summed E-state index contributed by atoms with van der Waals surface area (Å²) in [6.07, 6.45) is 0. The van der Waals surface area contributed by atoms with Crippen LogP contribution in [0.5, 0.6) is 0 Å². The second-order valence-electron chi connectivity index (χ2n) is 3.60. The Hall–Kier alpha value is -1.20. The molecule has 0 aromatic heterocycles. The minimum atomic E-state index is -0.603. The predicted molar refractivity (Wildman–Crippen MR) is 59.4 cm³/mol. The van der Waals surface area contributed by atoms with E-state index in [-0.39, 0.29) is 18.3 Å². The zero-order valence-electron chi connectivity index (χ0n) is 9.13. The molecule has 3 nitrogen and oxygen atoms in total. The molecular weight excluding hydrogens is 214 g/mol. The van der Waals surface area contributed by atoms with Gasteiger partial charge in [-0.1, -0.05) is 0 Å². The van der Waals surface area contributed by atoms with Gasteiger partial charge in [0.15, 0.2) is 0 Å². The molecular formula is C11H16F2N2O. The molecule has 0 bridgehead atoms. The summed E-state index contributed by atoms with van der Waals surface area (Å²) < 4.78 is 25.9. The van der Waals surface area contributed by atoms with Gasteiger partial charge in [0.25, 0.3) is 0 Å². The van der Waals surface area contributed by atoms with E-state index >= 15 is 0 Å². The first-order valence-electron chi connectivity index (χ1n) is 5.16. The third kappa shape index (κ3) is 4.12. The molecule has 0 amide bonds. The Bertz CT molecular complexity index is 334. The van der Waals surface area contributed by atoms with Gasteiger partial charge >= 0.3 is 0 Å². The van der Waals surface area contributed by atoms with Gasteiger partial charge in [0.05, 0.1) is 12.3 Å². The maximum atomic E-state index is 13.2. The predicted octanol–water partition coefficient (Wildman–Crippen LogP) is 1.35. The molecule has 0 aliphatic carbocycles. The van der Waals surface area contributed by atoms with Crippen LogP contribution in [0.15, 0.2) is 18.2 Å². The molecule has 0 aliphatic rings. The SMILES string of the molecule is CC(CNCCO)Nc1ccc(F)cc1F. The van der Waals surface area contributed by atoms with Crippen molar-refractivity contribution in [1.29, 1.82) is 0 Å². The zero-order valence-corrected chi connectivity index (χ0v) is 9.13. The minimum absolute atomic E-state index is 0.00786. The summed E-state index contributed by atoms with van der Waals surface area (Å²) in [6, 6.07) is 3.41. The fourth-order valence-corrected chi connectivity index (χ4v) is 1.32. The second kappa shape index (κ2) is 6.40. The van der Waals surface area contributed by atoms with Crippen LogP contribution in [0, 0.1) is 11.6 Å². The summed E-state index contributed by atoms with van der Waals surface area (Å²) in [6.45, 7) is 3.03. The van der Waals surface area contributed by atoms with Gasteiger partial charge in [-0.05, 0) is 19.1 Å². The van der Waals surface area contributed by atoms with Gasteiger partial charge in [-0.3, -0.25) is 0 Å². The van der Waals surface area contributed by atoms with Crippen LogP contribution in [0.2, 0.25) is 0 Å². The van der Waals surface area contributed by atoms with Gasteiger partial charge in [-0.25, -0.2) is 8.78 Å². The van der Waals surface area contributed by atoms with Crippen LogP contribution >= 0.6 is 0 Å². The van der Waals surface area contributed by atoms with E-state index in [1.165, 1.54) is 12.1 Å². The summed E-state index contributed by atoms with van der Waals surface area (Å²) in [5.41, 5.74) is 0.277. The number of halogens is 2. The molecule has 1 aromatic carbocycles. The highest BCUT2D eigenvalue weighted by Gasteiger charge is 2.06. The van der Waals surface area contributed by atoms with Crippen molar-refractivity contribution >= 4 is 5.69 Å². The van der Waals surface area contributed by atoms with Gasteiger partial charge in [-0.15, -0.1) is 0 Å². The molecule has 0 saturated carbocycles. The smallest absolute Gasteiger partial charge is 0.149 e. The van der Waals surface area contributed by atoms with Gasteiger partial charge < -0.3 is 15.7 Å². The summed E-state index contributed by atoms with van der Waals surface area (Å²) in [5.74, 6) is -1.19. The van der Waals surface area contributed by atoms with E-state index in [9.17, 15) is 8.78 Å². The van der Waals surface area contributed by atoms with Crippen molar-refractivity contribution in [2.24, 2.45) is 0 Å². The first-order valence-corrected chi connectivity index (χ1v) is 5.16. The number of hydrogen-bond donors (Lipinski definition) is 3.